The van der Waals surface area contributed by atoms with E-state index in [0.717, 1.165) is 4.88 Å². The molecule has 0 aliphatic heterocycles. The summed E-state index contributed by atoms with van der Waals surface area (Å²) in [5, 5.41) is 11.5. The molecule has 0 aromatic carbocycles. The van der Waals surface area contributed by atoms with E-state index in [-0.39, 0.29) is 12.5 Å². The van der Waals surface area contributed by atoms with E-state index in [4.69, 9.17) is 16.6 Å². The minimum atomic E-state index is -1.37. The molecular formula is C9H13N3O3S. The number of aliphatic hydroxyl groups is 1. The predicted molar refractivity (Wildman–Crippen MR) is 61.0 cm³/mol. The third-order valence-corrected chi connectivity index (χ3v) is 3.03. The zero-order valence-corrected chi connectivity index (χ0v) is 9.50. The SMILES string of the molecule is Cc1sc(C(=O)NCC(O)C(N)=O)cc1N. The number of aliphatic hydroxyl groups excluding tert-OH is 1. The molecule has 2 amide bonds. The lowest BCUT2D eigenvalue weighted by molar-refractivity contribution is -0.125. The fourth-order valence-electron chi connectivity index (χ4n) is 0.985. The van der Waals surface area contributed by atoms with E-state index in [1.54, 1.807) is 13.0 Å². The van der Waals surface area contributed by atoms with Crippen LogP contribution in [0.25, 0.3) is 0 Å². The standard InChI is InChI=1S/C9H13N3O3S/c1-4-5(10)2-7(16-4)9(15)12-3-6(13)8(11)14/h2,6,13H,3,10H2,1H3,(H2,11,14)(H,12,15). The van der Waals surface area contributed by atoms with Crippen LogP contribution in [0.5, 0.6) is 0 Å². The second-order valence-corrected chi connectivity index (χ2v) is 4.51. The molecule has 0 saturated heterocycles. The van der Waals surface area contributed by atoms with Crippen LogP contribution in [-0.4, -0.2) is 29.6 Å². The average Bonchev–Trinajstić information content (AvgIpc) is 2.55. The first kappa shape index (κ1) is 12.5. The average molecular weight is 243 g/mol. The number of rotatable bonds is 4. The Hall–Kier alpha value is -1.60. The molecule has 0 saturated carbocycles. The summed E-state index contributed by atoms with van der Waals surface area (Å²) in [6.45, 7) is 1.60. The van der Waals surface area contributed by atoms with Crippen molar-refractivity contribution in [2.45, 2.75) is 13.0 Å². The van der Waals surface area contributed by atoms with Crippen LogP contribution in [0.3, 0.4) is 0 Å². The number of thiophene rings is 1. The number of aryl methyl sites for hydroxylation is 1. The highest BCUT2D eigenvalue weighted by molar-refractivity contribution is 7.14. The molecule has 1 heterocycles. The van der Waals surface area contributed by atoms with Crippen molar-refractivity contribution in [2.24, 2.45) is 5.73 Å². The Kier molecular flexibility index (Phi) is 3.86. The molecular weight excluding hydrogens is 230 g/mol. The van der Waals surface area contributed by atoms with Crippen LogP contribution >= 0.6 is 11.3 Å². The first-order chi connectivity index (χ1) is 7.41. The first-order valence-electron chi connectivity index (χ1n) is 4.53. The maximum absolute atomic E-state index is 11.5. The Morgan fingerprint density at radius 3 is 2.69 bits per heavy atom. The van der Waals surface area contributed by atoms with Crippen LogP contribution in [0.2, 0.25) is 0 Å². The Balaban J connectivity index is 2.56. The quantitative estimate of drug-likeness (QED) is 0.554. The van der Waals surface area contributed by atoms with Crippen molar-refractivity contribution in [3.05, 3.63) is 15.8 Å². The third-order valence-electron chi connectivity index (χ3n) is 1.96. The third kappa shape index (κ3) is 2.94. The monoisotopic (exact) mass is 243 g/mol. The summed E-state index contributed by atoms with van der Waals surface area (Å²) in [6.07, 6.45) is -1.37. The largest absolute Gasteiger partial charge is 0.398 e. The van der Waals surface area contributed by atoms with Gasteiger partial charge in [0.25, 0.3) is 5.91 Å². The number of nitrogens with one attached hydrogen (secondary N) is 1. The molecule has 88 valence electrons. The molecule has 1 unspecified atom stereocenters. The normalized spacial score (nSPS) is 12.1. The van der Waals surface area contributed by atoms with Gasteiger partial charge in [-0.25, -0.2) is 0 Å². The van der Waals surface area contributed by atoms with E-state index in [9.17, 15) is 9.59 Å². The summed E-state index contributed by atoms with van der Waals surface area (Å²) in [6, 6.07) is 1.55. The summed E-state index contributed by atoms with van der Waals surface area (Å²) in [4.78, 5) is 23.3. The number of primary amides is 1. The minimum Gasteiger partial charge on any atom is -0.398 e. The van der Waals surface area contributed by atoms with Crippen molar-refractivity contribution < 1.29 is 14.7 Å². The van der Waals surface area contributed by atoms with Gasteiger partial charge in [-0.1, -0.05) is 0 Å². The summed E-state index contributed by atoms with van der Waals surface area (Å²) >= 11 is 1.25. The molecule has 0 bridgehead atoms. The molecule has 1 aromatic rings. The molecule has 0 aliphatic rings. The number of carbonyl (C=O) groups is 2. The summed E-state index contributed by atoms with van der Waals surface area (Å²) in [7, 11) is 0. The minimum absolute atomic E-state index is 0.203. The Labute approximate surface area is 96.2 Å². The fraction of sp³-hybridized carbons (Fsp3) is 0.333. The molecule has 1 rings (SSSR count). The van der Waals surface area contributed by atoms with Gasteiger partial charge in [0.05, 0.1) is 11.4 Å². The Morgan fingerprint density at radius 2 is 2.25 bits per heavy atom. The number of nitrogens with two attached hydrogens (primary N) is 2. The van der Waals surface area contributed by atoms with Crippen LogP contribution < -0.4 is 16.8 Å². The van der Waals surface area contributed by atoms with Crippen molar-refractivity contribution in [1.82, 2.24) is 5.32 Å². The maximum Gasteiger partial charge on any atom is 0.261 e. The summed E-state index contributed by atoms with van der Waals surface area (Å²) in [5.41, 5.74) is 11.0. The predicted octanol–water partition coefficient (Wildman–Crippen LogP) is -0.785. The number of amides is 2. The zero-order chi connectivity index (χ0) is 12.3. The second kappa shape index (κ2) is 4.95. The van der Waals surface area contributed by atoms with E-state index in [0.29, 0.717) is 10.6 Å². The molecule has 1 aromatic heterocycles. The molecule has 0 aliphatic carbocycles. The van der Waals surface area contributed by atoms with Crippen molar-refractivity contribution in [3.8, 4) is 0 Å². The highest BCUT2D eigenvalue weighted by Crippen LogP contribution is 2.22. The second-order valence-electron chi connectivity index (χ2n) is 3.25. The Bertz CT molecular complexity index is 397. The van der Waals surface area contributed by atoms with Gasteiger partial charge < -0.3 is 21.9 Å². The van der Waals surface area contributed by atoms with Crippen LogP contribution in [0.1, 0.15) is 14.5 Å². The first-order valence-corrected chi connectivity index (χ1v) is 5.35. The number of nitrogen functional groups attached to an aromatic ring is 1. The van der Waals surface area contributed by atoms with Gasteiger partial charge >= 0.3 is 0 Å². The van der Waals surface area contributed by atoms with Crippen molar-refractivity contribution >= 4 is 28.8 Å². The van der Waals surface area contributed by atoms with E-state index in [1.807, 2.05) is 0 Å². The lowest BCUT2D eigenvalue weighted by Crippen LogP contribution is -2.39. The molecule has 0 spiro atoms. The van der Waals surface area contributed by atoms with Crippen LogP contribution in [-0.2, 0) is 4.79 Å². The fourth-order valence-corrected chi connectivity index (χ4v) is 1.84. The number of hydrogen-bond acceptors (Lipinski definition) is 5. The molecule has 16 heavy (non-hydrogen) atoms. The van der Waals surface area contributed by atoms with Gasteiger partial charge in [-0.15, -0.1) is 11.3 Å². The van der Waals surface area contributed by atoms with E-state index < -0.39 is 12.0 Å². The van der Waals surface area contributed by atoms with E-state index in [1.165, 1.54) is 11.3 Å². The lowest BCUT2D eigenvalue weighted by atomic mass is 10.3. The zero-order valence-electron chi connectivity index (χ0n) is 8.69. The highest BCUT2D eigenvalue weighted by Gasteiger charge is 2.15. The molecule has 1 atom stereocenters. The number of anilines is 1. The molecule has 6 N–H and O–H groups in total. The molecule has 0 fully saturated rings. The summed E-state index contributed by atoms with van der Waals surface area (Å²) < 4.78 is 0. The number of carbonyl (C=O) groups excluding carboxylic acids is 2. The van der Waals surface area contributed by atoms with Crippen molar-refractivity contribution in [1.29, 1.82) is 0 Å². The van der Waals surface area contributed by atoms with Crippen LogP contribution in [0, 0.1) is 6.92 Å². The van der Waals surface area contributed by atoms with Crippen molar-refractivity contribution in [2.75, 3.05) is 12.3 Å². The topological polar surface area (TPSA) is 118 Å². The molecule has 7 heteroatoms. The van der Waals surface area contributed by atoms with Gasteiger partial charge in [0.15, 0.2) is 0 Å². The van der Waals surface area contributed by atoms with Gasteiger partial charge in [-0.3, -0.25) is 9.59 Å². The van der Waals surface area contributed by atoms with Gasteiger partial charge in [-0.2, -0.15) is 0 Å². The number of hydrogen-bond donors (Lipinski definition) is 4. The van der Waals surface area contributed by atoms with Gasteiger partial charge in [-0.05, 0) is 13.0 Å². The maximum atomic E-state index is 11.5. The van der Waals surface area contributed by atoms with Crippen LogP contribution in [0.15, 0.2) is 6.07 Å². The Morgan fingerprint density at radius 1 is 1.62 bits per heavy atom. The molecule has 0 radical (unpaired) electrons. The van der Waals surface area contributed by atoms with Crippen LogP contribution in [0.4, 0.5) is 5.69 Å². The summed E-state index contributed by atoms with van der Waals surface area (Å²) in [5.74, 6) is -1.26. The lowest BCUT2D eigenvalue weighted by Gasteiger charge is -2.06. The van der Waals surface area contributed by atoms with Crippen molar-refractivity contribution in [3.63, 3.8) is 0 Å². The smallest absolute Gasteiger partial charge is 0.261 e. The van der Waals surface area contributed by atoms with E-state index in [2.05, 4.69) is 5.32 Å². The molecule has 6 nitrogen and oxygen atoms in total. The van der Waals surface area contributed by atoms with Gasteiger partial charge in [0, 0.05) is 10.6 Å². The highest BCUT2D eigenvalue weighted by atomic mass is 32.1. The van der Waals surface area contributed by atoms with Gasteiger partial charge in [0.1, 0.15) is 6.10 Å². The van der Waals surface area contributed by atoms with E-state index >= 15 is 0 Å². The van der Waals surface area contributed by atoms with Gasteiger partial charge in [0.2, 0.25) is 5.91 Å².